The number of nitrogens with one attached hydrogen (secondary N) is 2. The van der Waals surface area contributed by atoms with Gasteiger partial charge in [0, 0.05) is 22.5 Å². The lowest BCUT2D eigenvalue weighted by Crippen LogP contribution is -2.14. The second-order valence-corrected chi connectivity index (χ2v) is 6.23. The molecular weight excluding hydrogens is 324 g/mol. The molecule has 0 aliphatic heterocycles. The lowest BCUT2D eigenvalue weighted by molar-refractivity contribution is 0.101. The SMILES string of the molecule is Cc1cccc(NC(=O)c2cccc(NC(=O)c3cccc(C)c3)c2)c1. The van der Waals surface area contributed by atoms with E-state index in [2.05, 4.69) is 10.6 Å². The van der Waals surface area contributed by atoms with E-state index >= 15 is 0 Å². The van der Waals surface area contributed by atoms with Gasteiger partial charge in [-0.2, -0.15) is 0 Å². The molecule has 0 unspecified atom stereocenters. The van der Waals surface area contributed by atoms with E-state index in [-0.39, 0.29) is 11.8 Å². The minimum atomic E-state index is -0.220. The molecule has 26 heavy (non-hydrogen) atoms. The van der Waals surface area contributed by atoms with E-state index < -0.39 is 0 Å². The molecule has 0 aliphatic rings. The number of hydrogen-bond acceptors (Lipinski definition) is 2. The number of hydrogen-bond donors (Lipinski definition) is 2. The summed E-state index contributed by atoms with van der Waals surface area (Å²) >= 11 is 0. The Morgan fingerprint density at radius 2 is 1.08 bits per heavy atom. The van der Waals surface area contributed by atoms with Crippen molar-refractivity contribution < 1.29 is 9.59 Å². The molecule has 2 N–H and O–H groups in total. The van der Waals surface area contributed by atoms with Crippen LogP contribution in [0.4, 0.5) is 11.4 Å². The van der Waals surface area contributed by atoms with E-state index in [1.165, 1.54) is 0 Å². The van der Waals surface area contributed by atoms with Crippen LogP contribution in [-0.2, 0) is 0 Å². The number of amides is 2. The van der Waals surface area contributed by atoms with Crippen LogP contribution in [0.5, 0.6) is 0 Å². The summed E-state index contributed by atoms with van der Waals surface area (Å²) in [7, 11) is 0. The first-order valence-electron chi connectivity index (χ1n) is 8.37. The van der Waals surface area contributed by atoms with Gasteiger partial charge in [-0.05, 0) is 61.9 Å². The summed E-state index contributed by atoms with van der Waals surface area (Å²) in [6, 6.07) is 21.9. The minimum Gasteiger partial charge on any atom is -0.322 e. The lowest BCUT2D eigenvalue weighted by atomic mass is 10.1. The van der Waals surface area contributed by atoms with Crippen LogP contribution in [0.1, 0.15) is 31.8 Å². The summed E-state index contributed by atoms with van der Waals surface area (Å²) in [6.07, 6.45) is 0. The second kappa shape index (κ2) is 7.66. The van der Waals surface area contributed by atoms with Crippen LogP contribution in [0.25, 0.3) is 0 Å². The van der Waals surface area contributed by atoms with Gasteiger partial charge in [-0.1, -0.05) is 35.9 Å². The van der Waals surface area contributed by atoms with Crippen molar-refractivity contribution in [3.8, 4) is 0 Å². The van der Waals surface area contributed by atoms with Gasteiger partial charge >= 0.3 is 0 Å². The topological polar surface area (TPSA) is 58.2 Å². The van der Waals surface area contributed by atoms with Crippen molar-refractivity contribution in [2.75, 3.05) is 10.6 Å². The Kier molecular flexibility index (Phi) is 5.13. The fourth-order valence-electron chi connectivity index (χ4n) is 2.65. The first-order chi connectivity index (χ1) is 12.5. The van der Waals surface area contributed by atoms with Gasteiger partial charge < -0.3 is 10.6 Å². The van der Waals surface area contributed by atoms with Crippen molar-refractivity contribution in [1.29, 1.82) is 0 Å². The molecule has 0 aromatic heterocycles. The summed E-state index contributed by atoms with van der Waals surface area (Å²) < 4.78 is 0. The minimum absolute atomic E-state index is 0.204. The van der Waals surface area contributed by atoms with Gasteiger partial charge in [0.15, 0.2) is 0 Å². The highest BCUT2D eigenvalue weighted by molar-refractivity contribution is 6.07. The molecule has 0 aliphatic carbocycles. The van der Waals surface area contributed by atoms with Gasteiger partial charge in [0.25, 0.3) is 11.8 Å². The number of anilines is 2. The molecule has 0 spiro atoms. The Morgan fingerprint density at radius 3 is 1.65 bits per heavy atom. The molecule has 130 valence electrons. The van der Waals surface area contributed by atoms with Crippen molar-refractivity contribution in [3.05, 3.63) is 95.1 Å². The molecule has 4 heteroatoms. The highest BCUT2D eigenvalue weighted by atomic mass is 16.2. The quantitative estimate of drug-likeness (QED) is 0.714. The van der Waals surface area contributed by atoms with Crippen LogP contribution in [0.15, 0.2) is 72.8 Å². The van der Waals surface area contributed by atoms with Crippen LogP contribution < -0.4 is 10.6 Å². The molecule has 0 radical (unpaired) electrons. The molecule has 0 bridgehead atoms. The van der Waals surface area contributed by atoms with Crippen LogP contribution in [0.3, 0.4) is 0 Å². The first-order valence-corrected chi connectivity index (χ1v) is 8.37. The number of carbonyl (C=O) groups excluding carboxylic acids is 2. The standard InChI is InChI=1S/C22H20N2O2/c1-15-6-3-8-17(12-15)21(25)24-20-11-5-9-18(14-20)22(26)23-19-10-4-7-16(2)13-19/h3-14H,1-2H3,(H,23,26)(H,24,25). The Labute approximate surface area is 152 Å². The van der Waals surface area contributed by atoms with Crippen molar-refractivity contribution in [3.63, 3.8) is 0 Å². The summed E-state index contributed by atoms with van der Waals surface area (Å²) in [4.78, 5) is 24.8. The third kappa shape index (κ3) is 4.36. The number of aryl methyl sites for hydroxylation is 2. The van der Waals surface area contributed by atoms with Gasteiger partial charge in [0.2, 0.25) is 0 Å². The second-order valence-electron chi connectivity index (χ2n) is 6.23. The molecule has 0 saturated carbocycles. The summed E-state index contributed by atoms with van der Waals surface area (Å²) in [5, 5.41) is 5.70. The third-order valence-corrected chi connectivity index (χ3v) is 3.94. The van der Waals surface area contributed by atoms with Crippen molar-refractivity contribution in [2.24, 2.45) is 0 Å². The zero-order chi connectivity index (χ0) is 18.5. The molecule has 0 heterocycles. The van der Waals surface area contributed by atoms with Crippen molar-refractivity contribution in [2.45, 2.75) is 13.8 Å². The van der Waals surface area contributed by atoms with E-state index in [0.717, 1.165) is 16.8 Å². The number of benzene rings is 3. The molecule has 0 atom stereocenters. The van der Waals surface area contributed by atoms with E-state index in [1.807, 2.05) is 56.3 Å². The molecule has 2 amide bonds. The third-order valence-electron chi connectivity index (χ3n) is 3.94. The van der Waals surface area contributed by atoms with E-state index in [4.69, 9.17) is 0 Å². The fourth-order valence-corrected chi connectivity index (χ4v) is 2.65. The Hall–Kier alpha value is -3.40. The average Bonchev–Trinajstić information content (AvgIpc) is 2.62. The zero-order valence-corrected chi connectivity index (χ0v) is 14.7. The largest absolute Gasteiger partial charge is 0.322 e. The Balaban J connectivity index is 1.73. The Bertz CT molecular complexity index is 964. The molecule has 3 aromatic carbocycles. The van der Waals surface area contributed by atoms with Gasteiger partial charge in [-0.15, -0.1) is 0 Å². The highest BCUT2D eigenvalue weighted by Gasteiger charge is 2.10. The molecule has 0 fully saturated rings. The summed E-state index contributed by atoms with van der Waals surface area (Å²) in [5.74, 6) is -0.424. The van der Waals surface area contributed by atoms with E-state index in [0.29, 0.717) is 16.8 Å². The number of rotatable bonds is 4. The fraction of sp³-hybridized carbons (Fsp3) is 0.0909. The number of carbonyl (C=O) groups is 2. The molecule has 4 nitrogen and oxygen atoms in total. The van der Waals surface area contributed by atoms with E-state index in [9.17, 15) is 9.59 Å². The summed E-state index contributed by atoms with van der Waals surface area (Å²) in [5.41, 5.74) is 4.47. The van der Waals surface area contributed by atoms with E-state index in [1.54, 1.807) is 30.3 Å². The normalized spacial score (nSPS) is 10.2. The predicted molar refractivity (Wildman–Crippen MR) is 105 cm³/mol. The van der Waals surface area contributed by atoms with Crippen molar-refractivity contribution in [1.82, 2.24) is 0 Å². The van der Waals surface area contributed by atoms with Gasteiger partial charge in [0.05, 0.1) is 0 Å². The van der Waals surface area contributed by atoms with Gasteiger partial charge in [-0.25, -0.2) is 0 Å². The van der Waals surface area contributed by atoms with Crippen LogP contribution in [-0.4, -0.2) is 11.8 Å². The monoisotopic (exact) mass is 344 g/mol. The zero-order valence-electron chi connectivity index (χ0n) is 14.7. The van der Waals surface area contributed by atoms with Gasteiger partial charge in [-0.3, -0.25) is 9.59 Å². The average molecular weight is 344 g/mol. The maximum atomic E-state index is 12.5. The van der Waals surface area contributed by atoms with Crippen LogP contribution >= 0.6 is 0 Å². The maximum absolute atomic E-state index is 12.5. The molecular formula is C22H20N2O2. The van der Waals surface area contributed by atoms with Gasteiger partial charge in [0.1, 0.15) is 0 Å². The van der Waals surface area contributed by atoms with Crippen molar-refractivity contribution >= 4 is 23.2 Å². The van der Waals surface area contributed by atoms with Crippen LogP contribution in [0, 0.1) is 13.8 Å². The Morgan fingerprint density at radius 1 is 0.615 bits per heavy atom. The predicted octanol–water partition coefficient (Wildman–Crippen LogP) is 4.81. The smallest absolute Gasteiger partial charge is 0.255 e. The lowest BCUT2D eigenvalue weighted by Gasteiger charge is -2.09. The molecule has 0 saturated heterocycles. The molecule has 3 rings (SSSR count). The van der Waals surface area contributed by atoms with Crippen LogP contribution in [0.2, 0.25) is 0 Å². The first kappa shape index (κ1) is 17.4. The summed E-state index contributed by atoms with van der Waals surface area (Å²) in [6.45, 7) is 3.91. The highest BCUT2D eigenvalue weighted by Crippen LogP contribution is 2.16. The molecule has 3 aromatic rings. The maximum Gasteiger partial charge on any atom is 0.255 e.